The van der Waals surface area contributed by atoms with Crippen molar-refractivity contribution in [2.24, 2.45) is 17.8 Å². The molecule has 0 bridgehead atoms. The van der Waals surface area contributed by atoms with Gasteiger partial charge in [0.1, 0.15) is 6.26 Å². The van der Waals surface area contributed by atoms with Gasteiger partial charge in [0.2, 0.25) is 0 Å². The third-order valence-corrected chi connectivity index (χ3v) is 4.02. The van der Waals surface area contributed by atoms with E-state index in [1.165, 1.54) is 31.7 Å². The van der Waals surface area contributed by atoms with Crippen LogP contribution in [0.5, 0.6) is 0 Å². The Labute approximate surface area is 111 Å². The van der Waals surface area contributed by atoms with E-state index in [4.69, 9.17) is 9.52 Å². The molecule has 19 heavy (non-hydrogen) atoms. The minimum Gasteiger partial charge on any atom is -0.478 e. The summed E-state index contributed by atoms with van der Waals surface area (Å²) in [4.78, 5) is 22.6. The molecular weight excluding hydrogens is 246 g/mol. The van der Waals surface area contributed by atoms with Crippen LogP contribution in [0.2, 0.25) is 0 Å². The highest BCUT2D eigenvalue weighted by Gasteiger charge is 2.41. The average molecular weight is 263 g/mol. The summed E-state index contributed by atoms with van der Waals surface area (Å²) in [6.07, 6.45) is 6.21. The van der Waals surface area contributed by atoms with E-state index in [0.717, 1.165) is 18.1 Å². The molecule has 0 aliphatic heterocycles. The van der Waals surface area contributed by atoms with Crippen molar-refractivity contribution in [3.05, 3.63) is 23.7 Å². The molecule has 1 aromatic heterocycles. The zero-order valence-electron chi connectivity index (χ0n) is 10.6. The molecule has 0 saturated heterocycles. The Morgan fingerprint density at radius 1 is 1.32 bits per heavy atom. The van der Waals surface area contributed by atoms with Crippen molar-refractivity contribution in [3.8, 4) is 0 Å². The summed E-state index contributed by atoms with van der Waals surface area (Å²) in [6, 6.07) is 1.26. The van der Waals surface area contributed by atoms with Crippen molar-refractivity contribution in [1.82, 2.24) is 5.32 Å². The second kappa shape index (κ2) is 4.72. The van der Waals surface area contributed by atoms with E-state index in [1.54, 1.807) is 0 Å². The zero-order valence-corrected chi connectivity index (χ0v) is 10.6. The third kappa shape index (κ3) is 2.80. The molecule has 1 amide bonds. The van der Waals surface area contributed by atoms with Gasteiger partial charge >= 0.3 is 5.97 Å². The number of carbonyl (C=O) groups is 2. The van der Waals surface area contributed by atoms with Gasteiger partial charge in [0.25, 0.3) is 5.91 Å². The molecule has 0 radical (unpaired) electrons. The summed E-state index contributed by atoms with van der Waals surface area (Å²) in [5, 5.41) is 11.6. The lowest BCUT2D eigenvalue weighted by atomic mass is 9.98. The molecule has 1 heterocycles. The Bertz CT molecular complexity index is 487. The Hall–Kier alpha value is -1.78. The summed E-state index contributed by atoms with van der Waals surface area (Å²) < 4.78 is 4.98. The van der Waals surface area contributed by atoms with Crippen LogP contribution in [-0.4, -0.2) is 23.5 Å². The van der Waals surface area contributed by atoms with Crippen LogP contribution in [0.4, 0.5) is 0 Å². The maximum atomic E-state index is 11.9. The molecule has 2 N–H and O–H groups in total. The molecule has 2 saturated carbocycles. The number of furan rings is 1. The Morgan fingerprint density at radius 3 is 2.42 bits per heavy atom. The molecule has 5 heteroatoms. The number of nitrogens with one attached hydrogen (secondary N) is 1. The number of amides is 1. The molecule has 0 unspecified atom stereocenters. The van der Waals surface area contributed by atoms with Gasteiger partial charge in [-0.1, -0.05) is 0 Å². The van der Waals surface area contributed by atoms with E-state index in [-0.39, 0.29) is 17.2 Å². The van der Waals surface area contributed by atoms with Crippen molar-refractivity contribution in [2.75, 3.05) is 6.54 Å². The molecule has 1 aromatic rings. The van der Waals surface area contributed by atoms with Crippen molar-refractivity contribution >= 4 is 11.9 Å². The predicted octanol–water partition coefficient (Wildman–Crippen LogP) is 2.14. The largest absolute Gasteiger partial charge is 0.478 e. The fourth-order valence-electron chi connectivity index (χ4n) is 2.63. The summed E-state index contributed by atoms with van der Waals surface area (Å²) in [7, 11) is 0. The molecule has 3 rings (SSSR count). The molecular formula is C14H17NO4. The molecule has 2 aliphatic carbocycles. The number of hydrogen-bond donors (Lipinski definition) is 2. The molecule has 0 atom stereocenters. The monoisotopic (exact) mass is 263 g/mol. The standard InChI is InChI=1S/C14H17NO4/c16-13(12-5-10(7-19-12)14(17)18)15-6-11(8-1-2-8)9-3-4-9/h5,7-9,11H,1-4,6H2,(H,15,16)(H,17,18). The molecule has 5 nitrogen and oxygen atoms in total. The average Bonchev–Trinajstić information content (AvgIpc) is 3.30. The van der Waals surface area contributed by atoms with Gasteiger partial charge in [-0.2, -0.15) is 0 Å². The van der Waals surface area contributed by atoms with Crippen molar-refractivity contribution in [3.63, 3.8) is 0 Å². The first kappa shape index (κ1) is 12.3. The Morgan fingerprint density at radius 2 is 1.95 bits per heavy atom. The van der Waals surface area contributed by atoms with Gasteiger partial charge in [-0.15, -0.1) is 0 Å². The van der Waals surface area contributed by atoms with Gasteiger partial charge in [0.05, 0.1) is 5.56 Å². The normalized spacial score (nSPS) is 18.6. The first-order valence-corrected chi connectivity index (χ1v) is 6.75. The third-order valence-electron chi connectivity index (χ3n) is 4.02. The number of hydrogen-bond acceptors (Lipinski definition) is 3. The molecule has 102 valence electrons. The van der Waals surface area contributed by atoms with Gasteiger partial charge in [0, 0.05) is 12.6 Å². The van der Waals surface area contributed by atoms with Crippen LogP contribution in [0.1, 0.15) is 46.6 Å². The summed E-state index contributed by atoms with van der Waals surface area (Å²) in [5.74, 6) is 0.814. The lowest BCUT2D eigenvalue weighted by Gasteiger charge is -2.15. The molecule has 0 aromatic carbocycles. The fraction of sp³-hybridized carbons (Fsp3) is 0.571. The topological polar surface area (TPSA) is 79.5 Å². The van der Waals surface area contributed by atoms with Crippen LogP contribution in [0.3, 0.4) is 0 Å². The second-order valence-corrected chi connectivity index (χ2v) is 5.55. The van der Waals surface area contributed by atoms with Gasteiger partial charge in [0.15, 0.2) is 5.76 Å². The summed E-state index contributed by atoms with van der Waals surface area (Å²) in [6.45, 7) is 0.678. The molecule has 2 aliphatic rings. The van der Waals surface area contributed by atoms with Crippen molar-refractivity contribution in [2.45, 2.75) is 25.7 Å². The highest BCUT2D eigenvalue weighted by molar-refractivity contribution is 5.95. The van der Waals surface area contributed by atoms with Crippen LogP contribution >= 0.6 is 0 Å². The minimum atomic E-state index is -1.09. The maximum Gasteiger partial charge on any atom is 0.338 e. The van der Waals surface area contributed by atoms with Crippen LogP contribution in [-0.2, 0) is 0 Å². The van der Waals surface area contributed by atoms with Crippen molar-refractivity contribution in [1.29, 1.82) is 0 Å². The van der Waals surface area contributed by atoms with Gasteiger partial charge in [-0.05, 0) is 43.4 Å². The van der Waals surface area contributed by atoms with Crippen molar-refractivity contribution < 1.29 is 19.1 Å². The number of rotatable bonds is 6. The van der Waals surface area contributed by atoms with E-state index in [9.17, 15) is 9.59 Å². The Balaban J connectivity index is 1.56. The predicted molar refractivity (Wildman–Crippen MR) is 66.9 cm³/mol. The second-order valence-electron chi connectivity index (χ2n) is 5.55. The maximum absolute atomic E-state index is 11.9. The minimum absolute atomic E-state index is 0.00564. The first-order valence-electron chi connectivity index (χ1n) is 6.75. The van der Waals surface area contributed by atoms with E-state index in [0.29, 0.717) is 12.5 Å². The van der Waals surface area contributed by atoms with Crippen LogP contribution in [0.25, 0.3) is 0 Å². The molecule has 0 spiro atoms. The highest BCUT2D eigenvalue weighted by Crippen LogP contribution is 2.48. The molecule has 2 fully saturated rings. The summed E-state index contributed by atoms with van der Waals surface area (Å²) in [5.41, 5.74) is 0.00564. The number of carboxylic acids is 1. The summed E-state index contributed by atoms with van der Waals surface area (Å²) >= 11 is 0. The van der Waals surface area contributed by atoms with Gasteiger partial charge < -0.3 is 14.8 Å². The van der Waals surface area contributed by atoms with Crippen LogP contribution < -0.4 is 5.32 Å². The van der Waals surface area contributed by atoms with E-state index < -0.39 is 5.97 Å². The SMILES string of the molecule is O=C(O)c1coc(C(=O)NCC(C2CC2)C2CC2)c1. The zero-order chi connectivity index (χ0) is 13.4. The van der Waals surface area contributed by atoms with E-state index in [1.807, 2.05) is 0 Å². The lowest BCUT2D eigenvalue weighted by molar-refractivity contribution is 0.0696. The number of aromatic carboxylic acids is 1. The number of carbonyl (C=O) groups excluding carboxylic acids is 1. The highest BCUT2D eigenvalue weighted by atomic mass is 16.4. The lowest BCUT2D eigenvalue weighted by Crippen LogP contribution is -2.30. The smallest absolute Gasteiger partial charge is 0.338 e. The van der Waals surface area contributed by atoms with Crippen LogP contribution in [0.15, 0.2) is 16.7 Å². The van der Waals surface area contributed by atoms with Gasteiger partial charge in [-0.25, -0.2) is 4.79 Å². The van der Waals surface area contributed by atoms with E-state index >= 15 is 0 Å². The number of carboxylic acid groups (broad SMARTS) is 1. The fourth-order valence-corrected chi connectivity index (χ4v) is 2.63. The van der Waals surface area contributed by atoms with E-state index in [2.05, 4.69) is 5.32 Å². The first-order chi connectivity index (χ1) is 9.15. The quantitative estimate of drug-likeness (QED) is 0.824. The Kier molecular flexibility index (Phi) is 3.05. The van der Waals surface area contributed by atoms with Crippen LogP contribution in [0, 0.1) is 17.8 Å². The van der Waals surface area contributed by atoms with Gasteiger partial charge in [-0.3, -0.25) is 4.79 Å².